The molecular weight excluding hydrogens is 476 g/mol. The summed E-state index contributed by atoms with van der Waals surface area (Å²) in [5.41, 5.74) is 5.86. The second kappa shape index (κ2) is 8.48. The fourth-order valence-corrected chi connectivity index (χ4v) is 5.93. The van der Waals surface area contributed by atoms with Crippen LogP contribution in [0, 0.1) is 13.8 Å². The van der Waals surface area contributed by atoms with Crippen LogP contribution >= 0.6 is 0 Å². The molecule has 6 heteroatoms. The van der Waals surface area contributed by atoms with Gasteiger partial charge in [0.25, 0.3) is 23.6 Å². The SMILES string of the molecule is CCc1cccc(C)c1N1C(=O)c2ccc3c4c(ccc(c24)C1=O)C(=O)N(c1c(C)cccc1CC)C3=O. The number of imide groups is 2. The second-order valence-electron chi connectivity index (χ2n) is 9.84. The van der Waals surface area contributed by atoms with E-state index in [-0.39, 0.29) is 0 Å². The third kappa shape index (κ3) is 3.06. The first-order valence-electron chi connectivity index (χ1n) is 12.8. The van der Waals surface area contributed by atoms with E-state index in [9.17, 15) is 19.2 Å². The van der Waals surface area contributed by atoms with Crippen molar-refractivity contribution in [2.45, 2.75) is 40.5 Å². The number of anilines is 2. The van der Waals surface area contributed by atoms with Crippen LogP contribution < -0.4 is 9.80 Å². The maximum absolute atomic E-state index is 13.9. The molecule has 0 spiro atoms. The summed E-state index contributed by atoms with van der Waals surface area (Å²) in [4.78, 5) is 57.9. The van der Waals surface area contributed by atoms with E-state index in [1.807, 2.05) is 64.1 Å². The van der Waals surface area contributed by atoms with E-state index >= 15 is 0 Å². The molecular formula is C32H26N2O4. The highest BCUT2D eigenvalue weighted by atomic mass is 16.2. The van der Waals surface area contributed by atoms with Gasteiger partial charge in [-0.3, -0.25) is 19.2 Å². The largest absolute Gasteiger partial charge is 0.268 e. The molecule has 188 valence electrons. The molecule has 0 fully saturated rings. The molecule has 4 amide bonds. The van der Waals surface area contributed by atoms with Gasteiger partial charge in [0.1, 0.15) is 0 Å². The number of amides is 4. The van der Waals surface area contributed by atoms with Crippen molar-refractivity contribution in [3.63, 3.8) is 0 Å². The molecule has 0 saturated carbocycles. The van der Waals surface area contributed by atoms with Gasteiger partial charge >= 0.3 is 0 Å². The van der Waals surface area contributed by atoms with Gasteiger partial charge in [0.05, 0.1) is 11.4 Å². The van der Waals surface area contributed by atoms with Crippen LogP contribution in [0.5, 0.6) is 0 Å². The first-order valence-corrected chi connectivity index (χ1v) is 12.8. The average molecular weight is 503 g/mol. The first kappa shape index (κ1) is 23.8. The van der Waals surface area contributed by atoms with Crippen molar-refractivity contribution in [3.05, 3.63) is 105 Å². The number of hydrogen-bond donors (Lipinski definition) is 0. The predicted molar refractivity (Wildman–Crippen MR) is 147 cm³/mol. The normalized spacial score (nSPS) is 14.6. The molecule has 0 saturated heterocycles. The van der Waals surface area contributed by atoms with Gasteiger partial charge in [0.2, 0.25) is 0 Å². The molecule has 4 aromatic rings. The van der Waals surface area contributed by atoms with Crippen LogP contribution in [0.25, 0.3) is 10.8 Å². The second-order valence-corrected chi connectivity index (χ2v) is 9.84. The number of aryl methyl sites for hydroxylation is 4. The molecule has 6 rings (SSSR count). The summed E-state index contributed by atoms with van der Waals surface area (Å²) in [5, 5.41) is 0.750. The first-order chi connectivity index (χ1) is 18.3. The van der Waals surface area contributed by atoms with Crippen molar-refractivity contribution >= 4 is 45.8 Å². The Kier molecular flexibility index (Phi) is 5.31. The van der Waals surface area contributed by atoms with Crippen LogP contribution in [0.1, 0.15) is 77.5 Å². The lowest BCUT2D eigenvalue weighted by atomic mass is 9.85. The zero-order chi connectivity index (χ0) is 26.9. The summed E-state index contributed by atoms with van der Waals surface area (Å²) in [6.07, 6.45) is 1.32. The van der Waals surface area contributed by atoms with Crippen molar-refractivity contribution < 1.29 is 19.2 Å². The third-order valence-corrected chi connectivity index (χ3v) is 7.75. The molecule has 2 aliphatic heterocycles. The standard InChI is InChI=1S/C32H26N2O4/c1-5-19-11-7-9-17(3)27(19)33-29(35)21-13-15-23-26-24(16-14-22(25(21)26)30(33)36)32(38)34(31(23)37)28-18(4)10-8-12-20(28)6-2/h7-16H,5-6H2,1-4H3. The molecule has 2 aliphatic rings. The quantitative estimate of drug-likeness (QED) is 0.312. The molecule has 0 bridgehead atoms. The predicted octanol–water partition coefficient (Wildman–Crippen LogP) is 6.18. The highest BCUT2D eigenvalue weighted by Gasteiger charge is 2.41. The molecule has 6 nitrogen and oxygen atoms in total. The molecule has 2 heterocycles. The monoisotopic (exact) mass is 502 g/mol. The minimum Gasteiger partial charge on any atom is -0.268 e. The van der Waals surface area contributed by atoms with Crippen LogP contribution in [-0.2, 0) is 12.8 Å². The Labute approximate surface area is 220 Å². The van der Waals surface area contributed by atoms with E-state index in [1.54, 1.807) is 24.3 Å². The van der Waals surface area contributed by atoms with Crippen LogP contribution in [-0.4, -0.2) is 23.6 Å². The number of rotatable bonds is 4. The number of carbonyl (C=O) groups excluding carboxylic acids is 4. The topological polar surface area (TPSA) is 74.8 Å². The molecule has 0 aromatic heterocycles. The van der Waals surface area contributed by atoms with Gasteiger partial charge in [-0.05, 0) is 73.2 Å². The van der Waals surface area contributed by atoms with Crippen molar-refractivity contribution in [2.75, 3.05) is 9.80 Å². The highest BCUT2D eigenvalue weighted by Crippen LogP contribution is 2.42. The van der Waals surface area contributed by atoms with Crippen molar-refractivity contribution in [1.29, 1.82) is 0 Å². The van der Waals surface area contributed by atoms with Gasteiger partial charge in [-0.2, -0.15) is 0 Å². The van der Waals surface area contributed by atoms with Crippen LogP contribution in [0.2, 0.25) is 0 Å². The Morgan fingerprint density at radius 2 is 0.816 bits per heavy atom. The molecule has 38 heavy (non-hydrogen) atoms. The lowest BCUT2D eigenvalue weighted by Crippen LogP contribution is -2.44. The lowest BCUT2D eigenvalue weighted by molar-refractivity contribution is 0.0872. The van der Waals surface area contributed by atoms with Crippen LogP contribution in [0.4, 0.5) is 11.4 Å². The average Bonchev–Trinajstić information content (AvgIpc) is 2.92. The Balaban J connectivity index is 1.58. The van der Waals surface area contributed by atoms with E-state index in [2.05, 4.69) is 0 Å². The van der Waals surface area contributed by atoms with Gasteiger partial charge in [-0.15, -0.1) is 0 Å². The number of hydrogen-bond acceptors (Lipinski definition) is 4. The van der Waals surface area contributed by atoms with Gasteiger partial charge in [-0.25, -0.2) is 9.80 Å². The fraction of sp³-hybridized carbons (Fsp3) is 0.188. The van der Waals surface area contributed by atoms with Crippen LogP contribution in [0.3, 0.4) is 0 Å². The Bertz CT molecular complexity index is 1550. The Morgan fingerprint density at radius 3 is 1.11 bits per heavy atom. The van der Waals surface area contributed by atoms with E-state index in [0.717, 1.165) is 22.3 Å². The van der Waals surface area contributed by atoms with E-state index in [4.69, 9.17) is 0 Å². The summed E-state index contributed by atoms with van der Waals surface area (Å²) < 4.78 is 0. The van der Waals surface area contributed by atoms with Gasteiger partial charge in [-0.1, -0.05) is 50.2 Å². The van der Waals surface area contributed by atoms with Gasteiger partial charge in [0.15, 0.2) is 0 Å². The Hall–Kier alpha value is -4.58. The van der Waals surface area contributed by atoms with Gasteiger partial charge in [0, 0.05) is 33.0 Å². The molecule has 0 atom stereocenters. The van der Waals surface area contributed by atoms with Crippen molar-refractivity contribution in [1.82, 2.24) is 0 Å². The zero-order valence-corrected chi connectivity index (χ0v) is 21.7. The lowest BCUT2D eigenvalue weighted by Gasteiger charge is -2.33. The maximum Gasteiger partial charge on any atom is 0.266 e. The molecule has 4 aromatic carbocycles. The smallest absolute Gasteiger partial charge is 0.266 e. The summed E-state index contributed by atoms with van der Waals surface area (Å²) in [6.45, 7) is 7.73. The number of carbonyl (C=O) groups is 4. The van der Waals surface area contributed by atoms with Gasteiger partial charge < -0.3 is 0 Å². The summed E-state index contributed by atoms with van der Waals surface area (Å²) >= 11 is 0. The summed E-state index contributed by atoms with van der Waals surface area (Å²) in [5.74, 6) is -1.82. The van der Waals surface area contributed by atoms with E-state index in [1.165, 1.54) is 9.80 Å². The zero-order valence-electron chi connectivity index (χ0n) is 21.7. The summed E-state index contributed by atoms with van der Waals surface area (Å²) in [7, 11) is 0. The minimum atomic E-state index is -0.454. The third-order valence-electron chi connectivity index (χ3n) is 7.75. The number of benzene rings is 4. The maximum atomic E-state index is 13.9. The van der Waals surface area contributed by atoms with Crippen molar-refractivity contribution in [2.24, 2.45) is 0 Å². The molecule has 0 radical (unpaired) electrons. The van der Waals surface area contributed by atoms with E-state index < -0.39 is 23.6 Å². The fourth-order valence-electron chi connectivity index (χ4n) is 5.93. The van der Waals surface area contributed by atoms with Crippen LogP contribution in [0.15, 0.2) is 60.7 Å². The number of nitrogens with zero attached hydrogens (tertiary/aromatic N) is 2. The van der Waals surface area contributed by atoms with Crippen molar-refractivity contribution in [3.8, 4) is 0 Å². The minimum absolute atomic E-state index is 0.310. The highest BCUT2D eigenvalue weighted by molar-refractivity contribution is 6.42. The molecule has 0 N–H and O–H groups in total. The van der Waals surface area contributed by atoms with E-state index in [0.29, 0.717) is 57.2 Å². The molecule has 0 unspecified atom stereocenters. The number of para-hydroxylation sites is 2. The molecule has 0 aliphatic carbocycles. The summed E-state index contributed by atoms with van der Waals surface area (Å²) in [6, 6.07) is 17.9. The Morgan fingerprint density at radius 1 is 0.500 bits per heavy atom.